The molecular weight excluding hydrogens is 264 g/mol. The number of nitrogens with zero attached hydrogens (tertiary/aromatic N) is 3. The molecule has 1 atom stereocenters. The van der Waals surface area contributed by atoms with E-state index in [4.69, 9.17) is 15.5 Å². The molecule has 21 heavy (non-hydrogen) atoms. The lowest BCUT2D eigenvalue weighted by Gasteiger charge is -2.17. The van der Waals surface area contributed by atoms with Crippen molar-refractivity contribution in [2.45, 2.75) is 6.42 Å². The highest BCUT2D eigenvalue weighted by Crippen LogP contribution is 2.29. The van der Waals surface area contributed by atoms with Gasteiger partial charge in [0.2, 0.25) is 5.95 Å². The number of methoxy groups -OCH3 is 1. The third kappa shape index (κ3) is 2.83. The Bertz CT molecular complexity index is 617. The second-order valence-electron chi connectivity index (χ2n) is 5.28. The van der Waals surface area contributed by atoms with E-state index >= 15 is 0 Å². The maximum Gasteiger partial charge on any atom is 0.225 e. The number of anilines is 1. The van der Waals surface area contributed by atoms with Crippen LogP contribution in [0.1, 0.15) is 6.42 Å². The van der Waals surface area contributed by atoms with Crippen molar-refractivity contribution >= 4 is 5.95 Å². The van der Waals surface area contributed by atoms with Gasteiger partial charge in [-0.3, -0.25) is 0 Å². The monoisotopic (exact) mass is 284 g/mol. The van der Waals surface area contributed by atoms with Crippen molar-refractivity contribution in [2.75, 3.05) is 31.6 Å². The number of hydrogen-bond donors (Lipinski definition) is 1. The Kier molecular flexibility index (Phi) is 4.01. The summed E-state index contributed by atoms with van der Waals surface area (Å²) in [6.45, 7) is 2.63. The number of ether oxygens (including phenoxy) is 1. The van der Waals surface area contributed by atoms with E-state index in [0.29, 0.717) is 5.92 Å². The molecule has 2 N–H and O–H groups in total. The zero-order valence-corrected chi connectivity index (χ0v) is 12.2. The molecule has 0 bridgehead atoms. The first-order valence-corrected chi connectivity index (χ1v) is 7.23. The highest BCUT2D eigenvalue weighted by Gasteiger charge is 2.23. The van der Waals surface area contributed by atoms with Gasteiger partial charge in [-0.05, 0) is 37.1 Å². The fourth-order valence-electron chi connectivity index (χ4n) is 2.71. The summed E-state index contributed by atoms with van der Waals surface area (Å²) in [6.07, 6.45) is 2.92. The van der Waals surface area contributed by atoms with E-state index in [0.717, 1.165) is 49.0 Å². The summed E-state index contributed by atoms with van der Waals surface area (Å²) in [5, 5.41) is 0. The fraction of sp³-hybridized carbons (Fsp3) is 0.375. The molecule has 0 radical (unpaired) electrons. The van der Waals surface area contributed by atoms with E-state index in [1.165, 1.54) is 0 Å². The summed E-state index contributed by atoms with van der Waals surface area (Å²) in [5.74, 6) is 2.14. The molecule has 5 heteroatoms. The Balaban J connectivity index is 1.90. The summed E-state index contributed by atoms with van der Waals surface area (Å²) in [4.78, 5) is 11.3. The van der Waals surface area contributed by atoms with Crippen molar-refractivity contribution in [3.63, 3.8) is 0 Å². The van der Waals surface area contributed by atoms with Gasteiger partial charge in [0.15, 0.2) is 0 Å². The van der Waals surface area contributed by atoms with Crippen LogP contribution in [0.2, 0.25) is 0 Å². The van der Waals surface area contributed by atoms with Crippen molar-refractivity contribution in [1.82, 2.24) is 9.97 Å². The average molecular weight is 284 g/mol. The van der Waals surface area contributed by atoms with Gasteiger partial charge in [-0.1, -0.05) is 12.1 Å². The highest BCUT2D eigenvalue weighted by atomic mass is 16.5. The molecule has 2 heterocycles. The van der Waals surface area contributed by atoms with Crippen molar-refractivity contribution in [3.05, 3.63) is 36.5 Å². The van der Waals surface area contributed by atoms with Crippen molar-refractivity contribution in [2.24, 2.45) is 11.7 Å². The summed E-state index contributed by atoms with van der Waals surface area (Å²) < 4.78 is 5.41. The van der Waals surface area contributed by atoms with Crippen LogP contribution in [0.15, 0.2) is 36.5 Å². The van der Waals surface area contributed by atoms with Crippen LogP contribution >= 0.6 is 0 Å². The first-order valence-electron chi connectivity index (χ1n) is 7.23. The molecule has 1 aliphatic heterocycles. The van der Waals surface area contributed by atoms with E-state index < -0.39 is 0 Å². The molecule has 1 aliphatic rings. The van der Waals surface area contributed by atoms with Crippen LogP contribution < -0.4 is 15.4 Å². The SMILES string of the molecule is COc1ccccc1-c1ccnc(N2CCC(CN)C2)n1. The predicted octanol–water partition coefficient (Wildman–Crippen LogP) is 1.94. The van der Waals surface area contributed by atoms with Gasteiger partial charge in [0, 0.05) is 24.8 Å². The zero-order valence-electron chi connectivity index (χ0n) is 12.2. The topological polar surface area (TPSA) is 64.3 Å². The van der Waals surface area contributed by atoms with Gasteiger partial charge in [-0.15, -0.1) is 0 Å². The molecule has 0 aliphatic carbocycles. The molecule has 0 saturated carbocycles. The van der Waals surface area contributed by atoms with Gasteiger partial charge in [-0.25, -0.2) is 9.97 Å². The molecule has 5 nitrogen and oxygen atoms in total. The van der Waals surface area contributed by atoms with E-state index in [1.54, 1.807) is 13.3 Å². The minimum atomic E-state index is 0.545. The van der Waals surface area contributed by atoms with Crippen LogP contribution in [0.4, 0.5) is 5.95 Å². The minimum Gasteiger partial charge on any atom is -0.496 e. The summed E-state index contributed by atoms with van der Waals surface area (Å²) in [5.41, 5.74) is 7.62. The molecule has 0 amide bonds. The molecule has 1 aromatic carbocycles. The quantitative estimate of drug-likeness (QED) is 0.929. The molecule has 1 aromatic heterocycles. The van der Waals surface area contributed by atoms with Gasteiger partial charge in [0.25, 0.3) is 0 Å². The van der Waals surface area contributed by atoms with Gasteiger partial charge in [0.1, 0.15) is 5.75 Å². The maximum absolute atomic E-state index is 5.75. The minimum absolute atomic E-state index is 0.545. The third-order valence-corrected chi connectivity index (χ3v) is 3.93. The molecule has 1 unspecified atom stereocenters. The average Bonchev–Trinajstić information content (AvgIpc) is 3.04. The van der Waals surface area contributed by atoms with Crippen LogP contribution in [0.3, 0.4) is 0 Å². The summed E-state index contributed by atoms with van der Waals surface area (Å²) in [6, 6.07) is 9.81. The Labute approximate surface area is 124 Å². The molecule has 1 saturated heterocycles. The molecule has 1 fully saturated rings. The number of para-hydroxylation sites is 1. The molecule has 0 spiro atoms. The number of aromatic nitrogens is 2. The zero-order chi connectivity index (χ0) is 14.7. The summed E-state index contributed by atoms with van der Waals surface area (Å²) in [7, 11) is 1.67. The summed E-state index contributed by atoms with van der Waals surface area (Å²) >= 11 is 0. The number of nitrogens with two attached hydrogens (primary N) is 1. The number of hydrogen-bond acceptors (Lipinski definition) is 5. The lowest BCUT2D eigenvalue weighted by atomic mass is 10.1. The van der Waals surface area contributed by atoms with Crippen LogP contribution in [0, 0.1) is 5.92 Å². The largest absolute Gasteiger partial charge is 0.496 e. The first-order chi connectivity index (χ1) is 10.3. The normalized spacial score (nSPS) is 18.0. The molecule has 2 aromatic rings. The Morgan fingerprint density at radius 1 is 1.33 bits per heavy atom. The highest BCUT2D eigenvalue weighted by molar-refractivity contribution is 5.67. The van der Waals surface area contributed by atoms with Crippen molar-refractivity contribution in [3.8, 4) is 17.0 Å². The van der Waals surface area contributed by atoms with Gasteiger partial charge < -0.3 is 15.4 Å². The second-order valence-corrected chi connectivity index (χ2v) is 5.28. The first kappa shape index (κ1) is 13.8. The smallest absolute Gasteiger partial charge is 0.225 e. The number of benzene rings is 1. The van der Waals surface area contributed by atoms with Crippen molar-refractivity contribution < 1.29 is 4.74 Å². The second kappa shape index (κ2) is 6.10. The Morgan fingerprint density at radius 2 is 2.19 bits per heavy atom. The van der Waals surface area contributed by atoms with Crippen LogP contribution in [-0.4, -0.2) is 36.7 Å². The Hall–Kier alpha value is -2.14. The fourth-order valence-corrected chi connectivity index (χ4v) is 2.71. The standard InChI is InChI=1S/C16H20N4O/c1-21-15-5-3-2-4-13(15)14-6-8-18-16(19-14)20-9-7-12(10-17)11-20/h2-6,8,12H,7,9-11,17H2,1H3. The van der Waals surface area contributed by atoms with E-state index in [9.17, 15) is 0 Å². The van der Waals surface area contributed by atoms with Crippen LogP contribution in [0.5, 0.6) is 5.75 Å². The predicted molar refractivity (Wildman–Crippen MR) is 83.4 cm³/mol. The van der Waals surface area contributed by atoms with Gasteiger partial charge in [0.05, 0.1) is 12.8 Å². The van der Waals surface area contributed by atoms with Crippen LogP contribution in [-0.2, 0) is 0 Å². The van der Waals surface area contributed by atoms with E-state index in [2.05, 4.69) is 9.88 Å². The molecular formula is C16H20N4O. The van der Waals surface area contributed by atoms with Gasteiger partial charge in [-0.2, -0.15) is 0 Å². The lowest BCUT2D eigenvalue weighted by molar-refractivity contribution is 0.416. The third-order valence-electron chi connectivity index (χ3n) is 3.93. The number of rotatable bonds is 4. The van der Waals surface area contributed by atoms with Crippen molar-refractivity contribution in [1.29, 1.82) is 0 Å². The van der Waals surface area contributed by atoms with E-state index in [-0.39, 0.29) is 0 Å². The van der Waals surface area contributed by atoms with Crippen LogP contribution in [0.25, 0.3) is 11.3 Å². The molecule has 3 rings (SSSR count). The van der Waals surface area contributed by atoms with E-state index in [1.807, 2.05) is 30.3 Å². The maximum atomic E-state index is 5.75. The Morgan fingerprint density at radius 3 is 2.95 bits per heavy atom. The van der Waals surface area contributed by atoms with Gasteiger partial charge >= 0.3 is 0 Å². The lowest BCUT2D eigenvalue weighted by Crippen LogP contribution is -2.24. The molecule has 110 valence electrons.